The lowest BCUT2D eigenvalue weighted by molar-refractivity contribution is 0.304. The van der Waals surface area contributed by atoms with Crippen molar-refractivity contribution in [3.05, 3.63) is 59.1 Å². The molecule has 3 rings (SSSR count). The van der Waals surface area contributed by atoms with Crippen LogP contribution in [0, 0.1) is 11.3 Å². The van der Waals surface area contributed by atoms with Crippen molar-refractivity contribution in [2.45, 2.75) is 0 Å². The van der Waals surface area contributed by atoms with Crippen molar-refractivity contribution in [1.82, 2.24) is 4.98 Å². The van der Waals surface area contributed by atoms with Crippen LogP contribution in [0.5, 0.6) is 0 Å². The standard InChI is InChI=1S/C19H17N3OS/c1-22(10-11-23)16-8-6-14(7-9-16)12-15(13-20)19-21-17-4-2-3-5-18(17)24-19/h2-9,12,23H,10-11H2,1H3/b15-12+. The van der Waals surface area contributed by atoms with E-state index in [9.17, 15) is 5.26 Å². The molecular formula is C19H17N3OS. The number of allylic oxidation sites excluding steroid dienone is 1. The summed E-state index contributed by atoms with van der Waals surface area (Å²) in [5.74, 6) is 0. The fraction of sp³-hybridized carbons (Fsp3) is 0.158. The molecular weight excluding hydrogens is 318 g/mol. The van der Waals surface area contributed by atoms with Crippen LogP contribution >= 0.6 is 11.3 Å². The summed E-state index contributed by atoms with van der Waals surface area (Å²) in [6.45, 7) is 0.707. The number of hydrogen-bond donors (Lipinski definition) is 1. The quantitative estimate of drug-likeness (QED) is 0.721. The molecule has 0 saturated heterocycles. The van der Waals surface area contributed by atoms with Gasteiger partial charge in [-0.3, -0.25) is 0 Å². The van der Waals surface area contributed by atoms with E-state index in [0.29, 0.717) is 12.1 Å². The molecule has 4 nitrogen and oxygen atoms in total. The van der Waals surface area contributed by atoms with Crippen molar-refractivity contribution in [1.29, 1.82) is 5.26 Å². The molecule has 0 fully saturated rings. The molecule has 5 heteroatoms. The number of thiazole rings is 1. The molecule has 0 spiro atoms. The van der Waals surface area contributed by atoms with Gasteiger partial charge < -0.3 is 10.0 Å². The molecule has 0 unspecified atom stereocenters. The Morgan fingerprint density at radius 3 is 2.67 bits per heavy atom. The van der Waals surface area contributed by atoms with Gasteiger partial charge in [-0.05, 0) is 35.9 Å². The molecule has 2 aromatic carbocycles. The van der Waals surface area contributed by atoms with Gasteiger partial charge in [-0.15, -0.1) is 11.3 Å². The zero-order valence-corrected chi connectivity index (χ0v) is 14.1. The van der Waals surface area contributed by atoms with Gasteiger partial charge in [-0.1, -0.05) is 24.3 Å². The first-order valence-electron chi connectivity index (χ1n) is 7.61. The Kier molecular flexibility index (Phi) is 4.90. The number of para-hydroxylation sites is 1. The Labute approximate surface area is 144 Å². The van der Waals surface area contributed by atoms with Gasteiger partial charge in [0.2, 0.25) is 0 Å². The Morgan fingerprint density at radius 1 is 1.25 bits per heavy atom. The van der Waals surface area contributed by atoms with Crippen LogP contribution in [-0.4, -0.2) is 30.3 Å². The number of nitriles is 1. The van der Waals surface area contributed by atoms with Crippen LogP contribution in [0.1, 0.15) is 10.6 Å². The van der Waals surface area contributed by atoms with Gasteiger partial charge in [0.1, 0.15) is 11.1 Å². The molecule has 0 amide bonds. The number of fused-ring (bicyclic) bond motifs is 1. The van der Waals surface area contributed by atoms with Crippen molar-refractivity contribution < 1.29 is 5.11 Å². The molecule has 0 radical (unpaired) electrons. The lowest BCUT2D eigenvalue weighted by Crippen LogP contribution is -2.20. The van der Waals surface area contributed by atoms with Crippen molar-refractivity contribution in [3.63, 3.8) is 0 Å². The van der Waals surface area contributed by atoms with Crippen LogP contribution in [-0.2, 0) is 0 Å². The highest BCUT2D eigenvalue weighted by Gasteiger charge is 2.08. The van der Waals surface area contributed by atoms with Gasteiger partial charge in [0, 0.05) is 19.3 Å². The van der Waals surface area contributed by atoms with E-state index in [0.717, 1.165) is 26.5 Å². The highest BCUT2D eigenvalue weighted by atomic mass is 32.1. The summed E-state index contributed by atoms with van der Waals surface area (Å²) in [5.41, 5.74) is 3.46. The minimum Gasteiger partial charge on any atom is -0.395 e. The first-order valence-corrected chi connectivity index (χ1v) is 8.42. The predicted octanol–water partition coefficient (Wildman–Crippen LogP) is 3.79. The Bertz CT molecular complexity index is 873. The number of anilines is 1. The third-order valence-corrected chi connectivity index (χ3v) is 4.79. The summed E-state index contributed by atoms with van der Waals surface area (Å²) in [6, 6.07) is 18.0. The molecule has 0 bridgehead atoms. The highest BCUT2D eigenvalue weighted by Crippen LogP contribution is 2.28. The Hall–Kier alpha value is -2.68. The van der Waals surface area contributed by atoms with Crippen LogP contribution in [0.4, 0.5) is 5.69 Å². The second kappa shape index (κ2) is 7.26. The van der Waals surface area contributed by atoms with Crippen LogP contribution in [0.3, 0.4) is 0 Å². The lowest BCUT2D eigenvalue weighted by atomic mass is 10.1. The molecule has 0 atom stereocenters. The van der Waals surface area contributed by atoms with Crippen LogP contribution < -0.4 is 4.90 Å². The molecule has 120 valence electrons. The molecule has 24 heavy (non-hydrogen) atoms. The van der Waals surface area contributed by atoms with E-state index in [1.807, 2.05) is 66.6 Å². The molecule has 0 saturated carbocycles. The zero-order chi connectivity index (χ0) is 16.9. The molecule has 1 heterocycles. The minimum atomic E-state index is 0.119. The summed E-state index contributed by atoms with van der Waals surface area (Å²) in [5, 5.41) is 19.2. The van der Waals surface area contributed by atoms with Crippen molar-refractivity contribution in [2.75, 3.05) is 25.1 Å². The number of aliphatic hydroxyl groups excluding tert-OH is 1. The summed E-state index contributed by atoms with van der Waals surface area (Å²) in [4.78, 5) is 6.52. The monoisotopic (exact) mass is 335 g/mol. The molecule has 1 N–H and O–H groups in total. The molecule has 0 aliphatic carbocycles. The number of rotatable bonds is 5. The van der Waals surface area contributed by atoms with Crippen molar-refractivity contribution in [3.8, 4) is 6.07 Å². The minimum absolute atomic E-state index is 0.119. The van der Waals surface area contributed by atoms with Crippen molar-refractivity contribution >= 4 is 38.9 Å². The second-order valence-corrected chi connectivity index (χ2v) is 6.42. The molecule has 1 aromatic heterocycles. The molecule has 0 aliphatic rings. The number of aromatic nitrogens is 1. The summed E-state index contributed by atoms with van der Waals surface area (Å²) < 4.78 is 1.08. The third-order valence-electron chi connectivity index (χ3n) is 3.73. The SMILES string of the molecule is CN(CCO)c1ccc(/C=C(\C#N)c2nc3ccccc3s2)cc1. The largest absolute Gasteiger partial charge is 0.395 e. The van der Waals surface area contributed by atoms with E-state index in [4.69, 9.17) is 5.11 Å². The van der Waals surface area contributed by atoms with Crippen molar-refractivity contribution in [2.24, 2.45) is 0 Å². The van der Waals surface area contributed by atoms with Crippen LogP contribution in [0.15, 0.2) is 48.5 Å². The maximum Gasteiger partial charge on any atom is 0.135 e. The average Bonchev–Trinajstić information content (AvgIpc) is 3.04. The predicted molar refractivity (Wildman–Crippen MR) is 99.9 cm³/mol. The number of nitrogens with zero attached hydrogens (tertiary/aromatic N) is 3. The van der Waals surface area contributed by atoms with Gasteiger partial charge in [0.25, 0.3) is 0 Å². The Morgan fingerprint density at radius 2 is 2.00 bits per heavy atom. The maximum absolute atomic E-state index is 9.49. The first-order chi connectivity index (χ1) is 11.7. The number of benzene rings is 2. The number of aliphatic hydroxyl groups is 1. The molecule has 3 aromatic rings. The van der Waals surface area contributed by atoms with Gasteiger partial charge in [-0.25, -0.2) is 4.98 Å². The fourth-order valence-electron chi connectivity index (χ4n) is 2.40. The maximum atomic E-state index is 9.49. The number of likely N-dealkylation sites (N-methyl/N-ethyl adjacent to an activating group) is 1. The average molecular weight is 335 g/mol. The first kappa shape index (κ1) is 16.2. The van der Waals surface area contributed by atoms with Crippen LogP contribution in [0.2, 0.25) is 0 Å². The fourth-order valence-corrected chi connectivity index (χ4v) is 3.33. The highest BCUT2D eigenvalue weighted by molar-refractivity contribution is 7.19. The molecule has 0 aliphatic heterocycles. The van der Waals surface area contributed by atoms with E-state index >= 15 is 0 Å². The van der Waals surface area contributed by atoms with Crippen LogP contribution in [0.25, 0.3) is 21.9 Å². The summed E-state index contributed by atoms with van der Waals surface area (Å²) in [7, 11) is 1.93. The van der Waals surface area contributed by atoms with Gasteiger partial charge in [-0.2, -0.15) is 5.26 Å². The van der Waals surface area contributed by atoms with Gasteiger partial charge in [0.05, 0.1) is 22.4 Å². The second-order valence-electron chi connectivity index (χ2n) is 5.39. The van der Waals surface area contributed by atoms with E-state index in [2.05, 4.69) is 11.1 Å². The lowest BCUT2D eigenvalue weighted by Gasteiger charge is -2.17. The van der Waals surface area contributed by atoms with E-state index in [1.165, 1.54) is 11.3 Å². The van der Waals surface area contributed by atoms with Gasteiger partial charge in [0.15, 0.2) is 0 Å². The van der Waals surface area contributed by atoms with E-state index in [1.54, 1.807) is 0 Å². The normalized spacial score (nSPS) is 11.5. The zero-order valence-electron chi connectivity index (χ0n) is 13.3. The smallest absolute Gasteiger partial charge is 0.135 e. The van der Waals surface area contributed by atoms with E-state index < -0.39 is 0 Å². The third kappa shape index (κ3) is 3.46. The summed E-state index contributed by atoms with van der Waals surface area (Å²) >= 11 is 1.53. The number of hydrogen-bond acceptors (Lipinski definition) is 5. The topological polar surface area (TPSA) is 60.1 Å². The van der Waals surface area contributed by atoms with E-state index in [-0.39, 0.29) is 6.61 Å². The summed E-state index contributed by atoms with van der Waals surface area (Å²) in [6.07, 6.45) is 1.85. The Balaban J connectivity index is 1.89. The van der Waals surface area contributed by atoms with Gasteiger partial charge >= 0.3 is 0 Å².